The minimum Gasteiger partial charge on any atom is -0.493 e. The molecule has 0 aliphatic rings. The van der Waals surface area contributed by atoms with Crippen LogP contribution in [0, 0.1) is 5.41 Å². The fourth-order valence-corrected chi connectivity index (χ4v) is 2.79. The quantitative estimate of drug-likeness (QED) is 0.736. The molecule has 0 heterocycles. The van der Waals surface area contributed by atoms with Crippen molar-refractivity contribution < 1.29 is 14.3 Å². The van der Waals surface area contributed by atoms with E-state index in [1.54, 1.807) is 14.2 Å². The van der Waals surface area contributed by atoms with E-state index in [0.717, 1.165) is 18.4 Å². The molecule has 0 saturated heterocycles. The predicted octanol–water partition coefficient (Wildman–Crippen LogP) is 3.24. The van der Waals surface area contributed by atoms with Crippen molar-refractivity contribution in [3.8, 4) is 11.5 Å². The van der Waals surface area contributed by atoms with E-state index in [9.17, 15) is 4.79 Å². The average molecular weight is 359 g/mol. The van der Waals surface area contributed by atoms with Gasteiger partial charge in [-0.05, 0) is 37.5 Å². The highest BCUT2D eigenvalue weighted by molar-refractivity contribution is 5.85. The molecule has 0 bridgehead atoms. The van der Waals surface area contributed by atoms with Crippen LogP contribution in [0.1, 0.15) is 39.2 Å². The molecule has 0 saturated carbocycles. The number of hydrogen-bond donors (Lipinski definition) is 1. The summed E-state index contributed by atoms with van der Waals surface area (Å²) in [6.07, 6.45) is 1.50. The standard InChI is InChI=1S/C18H30N2O3.ClH/c1-6-18(7-2,13-19)17(21)20(8-3)12-14-9-10-15(22-4)16(11-14)23-5;/h9-11H,6-8,12-13,19H2,1-5H3;1H. The number of nitrogens with zero attached hydrogens (tertiary/aromatic N) is 1. The molecule has 1 rings (SSSR count). The van der Waals surface area contributed by atoms with Crippen LogP contribution in [-0.2, 0) is 11.3 Å². The van der Waals surface area contributed by atoms with Crippen molar-refractivity contribution in [3.63, 3.8) is 0 Å². The van der Waals surface area contributed by atoms with E-state index in [4.69, 9.17) is 15.2 Å². The number of nitrogens with two attached hydrogens (primary N) is 1. The Morgan fingerprint density at radius 3 is 2.12 bits per heavy atom. The highest BCUT2D eigenvalue weighted by Gasteiger charge is 2.36. The lowest BCUT2D eigenvalue weighted by Gasteiger charge is -2.35. The van der Waals surface area contributed by atoms with Crippen molar-refractivity contribution >= 4 is 18.3 Å². The van der Waals surface area contributed by atoms with Crippen LogP contribution in [0.25, 0.3) is 0 Å². The molecule has 0 aliphatic heterocycles. The van der Waals surface area contributed by atoms with E-state index in [1.165, 1.54) is 0 Å². The van der Waals surface area contributed by atoms with Crippen LogP contribution < -0.4 is 15.2 Å². The van der Waals surface area contributed by atoms with E-state index in [2.05, 4.69) is 0 Å². The van der Waals surface area contributed by atoms with Gasteiger partial charge in [0.1, 0.15) is 0 Å². The van der Waals surface area contributed by atoms with Gasteiger partial charge in [0.2, 0.25) is 5.91 Å². The number of methoxy groups -OCH3 is 2. The van der Waals surface area contributed by atoms with Crippen molar-refractivity contribution in [2.75, 3.05) is 27.3 Å². The van der Waals surface area contributed by atoms with Gasteiger partial charge in [-0.1, -0.05) is 19.9 Å². The van der Waals surface area contributed by atoms with E-state index in [1.807, 2.05) is 43.9 Å². The van der Waals surface area contributed by atoms with Gasteiger partial charge in [-0.25, -0.2) is 0 Å². The van der Waals surface area contributed by atoms with Crippen LogP contribution in [0.3, 0.4) is 0 Å². The first-order chi connectivity index (χ1) is 11.0. The molecule has 0 aromatic heterocycles. The van der Waals surface area contributed by atoms with Crippen LogP contribution in [-0.4, -0.2) is 38.1 Å². The second-order valence-electron chi connectivity index (χ2n) is 5.70. The number of carbonyl (C=O) groups is 1. The van der Waals surface area contributed by atoms with Crippen LogP contribution in [0.15, 0.2) is 18.2 Å². The maximum Gasteiger partial charge on any atom is 0.230 e. The lowest BCUT2D eigenvalue weighted by molar-refractivity contribution is -0.142. The smallest absolute Gasteiger partial charge is 0.230 e. The van der Waals surface area contributed by atoms with Gasteiger partial charge >= 0.3 is 0 Å². The topological polar surface area (TPSA) is 64.8 Å². The molecule has 24 heavy (non-hydrogen) atoms. The van der Waals surface area contributed by atoms with Gasteiger partial charge in [0.15, 0.2) is 11.5 Å². The zero-order valence-corrected chi connectivity index (χ0v) is 16.2. The monoisotopic (exact) mass is 358 g/mol. The highest BCUT2D eigenvalue weighted by atomic mass is 35.5. The van der Waals surface area contributed by atoms with Gasteiger partial charge in [-0.15, -0.1) is 12.4 Å². The molecule has 6 heteroatoms. The third-order valence-electron chi connectivity index (χ3n) is 4.69. The van der Waals surface area contributed by atoms with Gasteiger partial charge in [0, 0.05) is 19.6 Å². The average Bonchev–Trinajstić information content (AvgIpc) is 2.61. The number of carbonyl (C=O) groups excluding carboxylic acids is 1. The fraction of sp³-hybridized carbons (Fsp3) is 0.611. The Hall–Kier alpha value is -1.46. The Balaban J connectivity index is 0.00000529. The molecule has 1 aromatic rings. The Morgan fingerprint density at radius 2 is 1.71 bits per heavy atom. The molecular weight excluding hydrogens is 328 g/mol. The van der Waals surface area contributed by atoms with Gasteiger partial charge < -0.3 is 20.1 Å². The Labute approximate surface area is 151 Å². The summed E-state index contributed by atoms with van der Waals surface area (Å²) < 4.78 is 10.6. The van der Waals surface area contributed by atoms with Crippen molar-refractivity contribution in [2.45, 2.75) is 40.2 Å². The van der Waals surface area contributed by atoms with Gasteiger partial charge in [0.25, 0.3) is 0 Å². The third-order valence-corrected chi connectivity index (χ3v) is 4.69. The fourth-order valence-electron chi connectivity index (χ4n) is 2.79. The van der Waals surface area contributed by atoms with Crippen LogP contribution in [0.5, 0.6) is 11.5 Å². The molecular formula is C18H31ClN2O3. The van der Waals surface area contributed by atoms with Crippen molar-refractivity contribution in [1.82, 2.24) is 4.90 Å². The van der Waals surface area contributed by atoms with Crippen molar-refractivity contribution in [3.05, 3.63) is 23.8 Å². The van der Waals surface area contributed by atoms with E-state index >= 15 is 0 Å². The molecule has 1 aromatic carbocycles. The largest absolute Gasteiger partial charge is 0.493 e. The first-order valence-electron chi connectivity index (χ1n) is 8.22. The van der Waals surface area contributed by atoms with Crippen LogP contribution in [0.2, 0.25) is 0 Å². The summed E-state index contributed by atoms with van der Waals surface area (Å²) in [5.41, 5.74) is 6.46. The van der Waals surface area contributed by atoms with Crippen LogP contribution in [0.4, 0.5) is 0 Å². The maximum atomic E-state index is 13.0. The van der Waals surface area contributed by atoms with Gasteiger partial charge in [-0.3, -0.25) is 4.79 Å². The molecule has 2 N–H and O–H groups in total. The summed E-state index contributed by atoms with van der Waals surface area (Å²) in [6.45, 7) is 7.61. The Morgan fingerprint density at radius 1 is 1.12 bits per heavy atom. The zero-order chi connectivity index (χ0) is 17.5. The molecule has 5 nitrogen and oxygen atoms in total. The second-order valence-corrected chi connectivity index (χ2v) is 5.70. The molecule has 0 aliphatic carbocycles. The Bertz CT molecular complexity index is 511. The third kappa shape index (κ3) is 4.77. The number of benzene rings is 1. The molecule has 0 fully saturated rings. The van der Waals surface area contributed by atoms with Crippen molar-refractivity contribution in [1.29, 1.82) is 0 Å². The lowest BCUT2D eigenvalue weighted by atomic mass is 9.81. The zero-order valence-electron chi connectivity index (χ0n) is 15.4. The van der Waals surface area contributed by atoms with Crippen molar-refractivity contribution in [2.24, 2.45) is 11.1 Å². The lowest BCUT2D eigenvalue weighted by Crippen LogP contribution is -2.47. The molecule has 138 valence electrons. The summed E-state index contributed by atoms with van der Waals surface area (Å²) in [5, 5.41) is 0. The second kappa shape index (κ2) is 10.4. The van der Waals surface area contributed by atoms with E-state index < -0.39 is 5.41 Å². The summed E-state index contributed by atoms with van der Waals surface area (Å²) in [6, 6.07) is 5.73. The number of rotatable bonds is 9. The first-order valence-corrected chi connectivity index (χ1v) is 8.22. The highest BCUT2D eigenvalue weighted by Crippen LogP contribution is 2.31. The minimum atomic E-state index is -0.466. The minimum absolute atomic E-state index is 0. The predicted molar refractivity (Wildman–Crippen MR) is 100.0 cm³/mol. The van der Waals surface area contributed by atoms with Gasteiger partial charge in [-0.2, -0.15) is 0 Å². The van der Waals surface area contributed by atoms with Crippen LogP contribution >= 0.6 is 12.4 Å². The maximum absolute atomic E-state index is 13.0. The summed E-state index contributed by atoms with van der Waals surface area (Å²) >= 11 is 0. The number of hydrogen-bond acceptors (Lipinski definition) is 4. The normalized spacial score (nSPS) is 10.8. The van der Waals surface area contributed by atoms with Gasteiger partial charge in [0.05, 0.1) is 19.6 Å². The Kier molecular flexibility index (Phi) is 9.78. The molecule has 0 spiro atoms. The van der Waals surface area contributed by atoms with E-state index in [0.29, 0.717) is 31.1 Å². The first kappa shape index (κ1) is 22.5. The summed E-state index contributed by atoms with van der Waals surface area (Å²) in [7, 11) is 3.22. The van der Waals surface area contributed by atoms with E-state index in [-0.39, 0.29) is 18.3 Å². The molecule has 1 amide bonds. The molecule has 0 atom stereocenters. The summed E-state index contributed by atoms with van der Waals surface area (Å²) in [5.74, 6) is 1.48. The SMILES string of the molecule is CCN(Cc1ccc(OC)c(OC)c1)C(=O)C(CC)(CC)CN.Cl. The number of halogens is 1. The summed E-state index contributed by atoms with van der Waals surface area (Å²) in [4.78, 5) is 14.8. The molecule has 0 unspecified atom stereocenters. The number of amides is 1. The number of ether oxygens (including phenoxy) is 2. The molecule has 0 radical (unpaired) electrons.